The fourth-order valence-electron chi connectivity index (χ4n) is 2.21. The Morgan fingerprint density at radius 3 is 2.45 bits per heavy atom. The molecule has 1 aliphatic rings. The van der Waals surface area contributed by atoms with E-state index >= 15 is 0 Å². The standard InChI is InChI=1S/C15H23NO3S/c17-12-2-4-14-7-9-15(10-8-14)20(18,19)16-11-1-3-13-5-6-13/h7-10,13,16-17H,1-6,11-12H2. The van der Waals surface area contributed by atoms with Crippen LogP contribution in [0.4, 0.5) is 0 Å². The van der Waals surface area contributed by atoms with Gasteiger partial charge in [0.15, 0.2) is 0 Å². The van der Waals surface area contributed by atoms with E-state index in [-0.39, 0.29) is 6.61 Å². The van der Waals surface area contributed by atoms with Gasteiger partial charge in [-0.05, 0) is 49.3 Å². The summed E-state index contributed by atoms with van der Waals surface area (Å²) < 4.78 is 26.8. The molecule has 0 saturated heterocycles. The molecule has 2 rings (SSSR count). The van der Waals surface area contributed by atoms with Gasteiger partial charge in [0.2, 0.25) is 10.0 Å². The van der Waals surface area contributed by atoms with Crippen molar-refractivity contribution in [2.75, 3.05) is 13.2 Å². The van der Waals surface area contributed by atoms with Crippen molar-refractivity contribution in [1.82, 2.24) is 4.72 Å². The first-order valence-electron chi connectivity index (χ1n) is 7.31. The lowest BCUT2D eigenvalue weighted by Crippen LogP contribution is -2.24. The van der Waals surface area contributed by atoms with Crippen LogP contribution >= 0.6 is 0 Å². The highest BCUT2D eigenvalue weighted by molar-refractivity contribution is 7.89. The SMILES string of the molecule is O=S(=O)(NCCCC1CC1)c1ccc(CCCO)cc1. The highest BCUT2D eigenvalue weighted by atomic mass is 32.2. The van der Waals surface area contributed by atoms with Gasteiger partial charge in [0.25, 0.3) is 0 Å². The highest BCUT2D eigenvalue weighted by Gasteiger charge is 2.20. The van der Waals surface area contributed by atoms with Gasteiger partial charge in [0.1, 0.15) is 0 Å². The first-order valence-corrected chi connectivity index (χ1v) is 8.79. The first-order chi connectivity index (χ1) is 9.62. The van der Waals surface area contributed by atoms with E-state index in [2.05, 4.69) is 4.72 Å². The summed E-state index contributed by atoms with van der Waals surface area (Å²) in [5.41, 5.74) is 1.05. The number of benzene rings is 1. The summed E-state index contributed by atoms with van der Waals surface area (Å²) in [5.74, 6) is 0.838. The molecule has 2 N–H and O–H groups in total. The topological polar surface area (TPSA) is 66.4 Å². The van der Waals surface area contributed by atoms with E-state index in [4.69, 9.17) is 5.11 Å². The zero-order valence-corrected chi connectivity index (χ0v) is 12.5. The van der Waals surface area contributed by atoms with Crippen molar-refractivity contribution in [3.8, 4) is 0 Å². The molecular formula is C15H23NO3S. The normalized spacial score (nSPS) is 15.4. The molecule has 1 aliphatic carbocycles. The second kappa shape index (κ2) is 7.20. The van der Waals surface area contributed by atoms with Gasteiger partial charge in [0, 0.05) is 13.2 Å². The molecule has 0 aromatic heterocycles. The smallest absolute Gasteiger partial charge is 0.240 e. The lowest BCUT2D eigenvalue weighted by molar-refractivity contribution is 0.288. The fourth-order valence-corrected chi connectivity index (χ4v) is 3.28. The molecule has 0 spiro atoms. The van der Waals surface area contributed by atoms with Crippen molar-refractivity contribution in [3.63, 3.8) is 0 Å². The van der Waals surface area contributed by atoms with Gasteiger partial charge >= 0.3 is 0 Å². The summed E-state index contributed by atoms with van der Waals surface area (Å²) in [6, 6.07) is 6.90. The molecule has 0 bridgehead atoms. The van der Waals surface area contributed by atoms with Crippen LogP contribution in [0.15, 0.2) is 29.2 Å². The summed E-state index contributed by atoms with van der Waals surface area (Å²) in [6.45, 7) is 0.674. The monoisotopic (exact) mass is 297 g/mol. The molecule has 0 unspecified atom stereocenters. The number of rotatable bonds is 9. The van der Waals surface area contributed by atoms with Crippen molar-refractivity contribution >= 4 is 10.0 Å². The Bertz CT molecular complexity index is 506. The molecular weight excluding hydrogens is 274 g/mol. The first kappa shape index (κ1) is 15.5. The number of aliphatic hydroxyl groups excluding tert-OH is 1. The third-order valence-electron chi connectivity index (χ3n) is 3.64. The molecule has 1 aromatic carbocycles. The third-order valence-corrected chi connectivity index (χ3v) is 5.11. The maximum Gasteiger partial charge on any atom is 0.240 e. The van der Waals surface area contributed by atoms with E-state index in [1.165, 1.54) is 12.8 Å². The molecule has 1 aromatic rings. The molecule has 5 heteroatoms. The van der Waals surface area contributed by atoms with Crippen molar-refractivity contribution in [2.24, 2.45) is 5.92 Å². The second-order valence-corrected chi connectivity index (χ2v) is 7.22. The maximum atomic E-state index is 12.1. The summed E-state index contributed by atoms with van der Waals surface area (Å²) in [6.07, 6.45) is 6.13. The minimum absolute atomic E-state index is 0.155. The number of aryl methyl sites for hydroxylation is 1. The molecule has 0 heterocycles. The van der Waals surface area contributed by atoms with Crippen molar-refractivity contribution in [2.45, 2.75) is 43.4 Å². The lowest BCUT2D eigenvalue weighted by atomic mass is 10.1. The molecule has 1 saturated carbocycles. The largest absolute Gasteiger partial charge is 0.396 e. The quantitative estimate of drug-likeness (QED) is 0.686. The van der Waals surface area contributed by atoms with Gasteiger partial charge in [-0.25, -0.2) is 13.1 Å². The summed E-state index contributed by atoms with van der Waals surface area (Å²) in [4.78, 5) is 0.316. The molecule has 0 aliphatic heterocycles. The summed E-state index contributed by atoms with van der Waals surface area (Å²) in [7, 11) is -3.37. The van der Waals surface area contributed by atoms with Crippen LogP contribution in [0.5, 0.6) is 0 Å². The van der Waals surface area contributed by atoms with E-state index in [1.54, 1.807) is 12.1 Å². The zero-order valence-electron chi connectivity index (χ0n) is 11.7. The van der Waals surface area contributed by atoms with Crippen molar-refractivity contribution < 1.29 is 13.5 Å². The third kappa shape index (κ3) is 4.89. The Morgan fingerprint density at radius 2 is 1.85 bits per heavy atom. The van der Waals surface area contributed by atoms with Gasteiger partial charge < -0.3 is 5.11 Å². The molecule has 112 valence electrons. The molecule has 0 radical (unpaired) electrons. The molecule has 20 heavy (non-hydrogen) atoms. The van der Waals surface area contributed by atoms with Crippen LogP contribution in [-0.2, 0) is 16.4 Å². The van der Waals surface area contributed by atoms with Crippen LogP contribution in [0.1, 0.15) is 37.7 Å². The van der Waals surface area contributed by atoms with Gasteiger partial charge in [-0.3, -0.25) is 0 Å². The predicted octanol–water partition coefficient (Wildman–Crippen LogP) is 2.08. The number of hydrogen-bond acceptors (Lipinski definition) is 3. The number of hydrogen-bond donors (Lipinski definition) is 2. The van der Waals surface area contributed by atoms with Crippen LogP contribution in [0.2, 0.25) is 0 Å². The van der Waals surface area contributed by atoms with Crippen molar-refractivity contribution in [3.05, 3.63) is 29.8 Å². The Balaban J connectivity index is 1.83. The Hall–Kier alpha value is -0.910. The molecule has 0 amide bonds. The Kier molecular flexibility index (Phi) is 5.57. The Labute approximate surface area is 121 Å². The van der Waals surface area contributed by atoms with Gasteiger partial charge in [0.05, 0.1) is 4.90 Å². The highest BCUT2D eigenvalue weighted by Crippen LogP contribution is 2.33. The van der Waals surface area contributed by atoms with Gasteiger partial charge in [-0.1, -0.05) is 25.0 Å². The minimum atomic E-state index is -3.37. The van der Waals surface area contributed by atoms with E-state index in [0.29, 0.717) is 17.9 Å². The molecule has 0 atom stereocenters. The maximum absolute atomic E-state index is 12.1. The van der Waals surface area contributed by atoms with E-state index < -0.39 is 10.0 Å². The van der Waals surface area contributed by atoms with E-state index in [0.717, 1.165) is 30.7 Å². The summed E-state index contributed by atoms with van der Waals surface area (Å²) in [5, 5.41) is 8.77. The summed E-state index contributed by atoms with van der Waals surface area (Å²) >= 11 is 0. The van der Waals surface area contributed by atoms with Crippen LogP contribution in [0, 0.1) is 5.92 Å². The molecule has 1 fully saturated rings. The lowest BCUT2D eigenvalue weighted by Gasteiger charge is -2.07. The Morgan fingerprint density at radius 1 is 1.15 bits per heavy atom. The van der Waals surface area contributed by atoms with Crippen LogP contribution in [-0.4, -0.2) is 26.7 Å². The predicted molar refractivity (Wildman–Crippen MR) is 79.0 cm³/mol. The average molecular weight is 297 g/mol. The number of sulfonamides is 1. The van der Waals surface area contributed by atoms with E-state index in [9.17, 15) is 8.42 Å². The van der Waals surface area contributed by atoms with Crippen LogP contribution < -0.4 is 4.72 Å². The van der Waals surface area contributed by atoms with Gasteiger partial charge in [-0.15, -0.1) is 0 Å². The molecule has 4 nitrogen and oxygen atoms in total. The number of nitrogens with one attached hydrogen (secondary N) is 1. The van der Waals surface area contributed by atoms with E-state index in [1.807, 2.05) is 12.1 Å². The zero-order chi connectivity index (χ0) is 14.4. The second-order valence-electron chi connectivity index (χ2n) is 5.45. The van der Waals surface area contributed by atoms with Crippen molar-refractivity contribution in [1.29, 1.82) is 0 Å². The minimum Gasteiger partial charge on any atom is -0.396 e. The van der Waals surface area contributed by atoms with Crippen LogP contribution in [0.25, 0.3) is 0 Å². The van der Waals surface area contributed by atoms with Crippen LogP contribution in [0.3, 0.4) is 0 Å². The van der Waals surface area contributed by atoms with Gasteiger partial charge in [-0.2, -0.15) is 0 Å². The average Bonchev–Trinajstić information content (AvgIpc) is 3.26. The fraction of sp³-hybridized carbons (Fsp3) is 0.600. The number of aliphatic hydroxyl groups is 1.